The SMILES string of the molecule is CCOC(C)OCC.O=Cc1cccc(Br)c1. The summed E-state index contributed by atoms with van der Waals surface area (Å²) in [7, 11) is 0. The molecular formula is C13H19BrO3. The van der Waals surface area contributed by atoms with E-state index in [1.807, 2.05) is 32.9 Å². The Morgan fingerprint density at radius 3 is 2.24 bits per heavy atom. The van der Waals surface area contributed by atoms with Crippen molar-refractivity contribution in [1.29, 1.82) is 0 Å². The van der Waals surface area contributed by atoms with E-state index in [-0.39, 0.29) is 6.29 Å². The fourth-order valence-corrected chi connectivity index (χ4v) is 1.51. The van der Waals surface area contributed by atoms with Gasteiger partial charge in [0, 0.05) is 23.2 Å². The van der Waals surface area contributed by atoms with Crippen LogP contribution in [0.5, 0.6) is 0 Å². The second kappa shape index (κ2) is 10.4. The first-order valence-corrected chi connectivity index (χ1v) is 6.37. The molecule has 0 spiro atoms. The van der Waals surface area contributed by atoms with Crippen LogP contribution in [0, 0.1) is 0 Å². The number of carbonyl (C=O) groups excluding carboxylic acids is 1. The molecule has 0 aliphatic rings. The van der Waals surface area contributed by atoms with Gasteiger partial charge in [-0.1, -0.05) is 28.1 Å². The third kappa shape index (κ3) is 9.03. The number of halogens is 1. The summed E-state index contributed by atoms with van der Waals surface area (Å²) < 4.78 is 11.1. The Morgan fingerprint density at radius 1 is 1.29 bits per heavy atom. The molecule has 0 saturated carbocycles. The zero-order chi connectivity index (χ0) is 13.1. The number of aldehydes is 1. The molecule has 0 N–H and O–H groups in total. The highest BCUT2D eigenvalue weighted by Crippen LogP contribution is 2.09. The second-order valence-electron chi connectivity index (χ2n) is 3.15. The summed E-state index contributed by atoms with van der Waals surface area (Å²) in [6, 6.07) is 7.24. The minimum atomic E-state index is -0.0370. The molecule has 0 bridgehead atoms. The van der Waals surface area contributed by atoms with Gasteiger partial charge in [0.2, 0.25) is 0 Å². The maximum absolute atomic E-state index is 10.1. The van der Waals surface area contributed by atoms with Crippen LogP contribution in [-0.4, -0.2) is 25.8 Å². The highest BCUT2D eigenvalue weighted by atomic mass is 79.9. The fraction of sp³-hybridized carbons (Fsp3) is 0.462. The van der Waals surface area contributed by atoms with Crippen LogP contribution in [-0.2, 0) is 9.47 Å². The molecule has 0 unspecified atom stereocenters. The van der Waals surface area contributed by atoms with Gasteiger partial charge < -0.3 is 9.47 Å². The summed E-state index contributed by atoms with van der Waals surface area (Å²) in [5.74, 6) is 0. The van der Waals surface area contributed by atoms with Crippen LogP contribution >= 0.6 is 15.9 Å². The van der Waals surface area contributed by atoms with Crippen molar-refractivity contribution in [1.82, 2.24) is 0 Å². The second-order valence-corrected chi connectivity index (χ2v) is 4.07. The first kappa shape index (κ1) is 16.3. The lowest BCUT2D eigenvalue weighted by atomic mass is 10.2. The van der Waals surface area contributed by atoms with Gasteiger partial charge in [0.05, 0.1) is 0 Å². The molecule has 0 aromatic heterocycles. The van der Waals surface area contributed by atoms with Gasteiger partial charge in [-0.15, -0.1) is 0 Å². The van der Waals surface area contributed by atoms with Crippen LogP contribution in [0.25, 0.3) is 0 Å². The Kier molecular flexibility index (Phi) is 10.0. The average Bonchev–Trinajstić information content (AvgIpc) is 2.30. The normalized spacial score (nSPS) is 9.71. The molecule has 0 radical (unpaired) electrons. The van der Waals surface area contributed by atoms with Crippen LogP contribution in [0.1, 0.15) is 31.1 Å². The monoisotopic (exact) mass is 302 g/mol. The number of carbonyl (C=O) groups is 1. The summed E-state index contributed by atoms with van der Waals surface area (Å²) >= 11 is 3.24. The van der Waals surface area contributed by atoms with E-state index < -0.39 is 0 Å². The number of hydrogen-bond donors (Lipinski definition) is 0. The number of rotatable bonds is 5. The summed E-state index contributed by atoms with van der Waals surface area (Å²) in [6.45, 7) is 7.25. The largest absolute Gasteiger partial charge is 0.353 e. The van der Waals surface area contributed by atoms with Crippen LogP contribution in [0.3, 0.4) is 0 Å². The van der Waals surface area contributed by atoms with Crippen molar-refractivity contribution >= 4 is 22.2 Å². The van der Waals surface area contributed by atoms with Gasteiger partial charge in [-0.3, -0.25) is 4.79 Å². The van der Waals surface area contributed by atoms with Gasteiger partial charge in [0.15, 0.2) is 6.29 Å². The molecule has 0 fully saturated rings. The van der Waals surface area contributed by atoms with Crippen molar-refractivity contribution in [2.45, 2.75) is 27.1 Å². The van der Waals surface area contributed by atoms with E-state index in [9.17, 15) is 4.79 Å². The maximum Gasteiger partial charge on any atom is 0.154 e. The van der Waals surface area contributed by atoms with E-state index in [1.165, 1.54) is 0 Å². The van der Waals surface area contributed by atoms with Gasteiger partial charge in [-0.2, -0.15) is 0 Å². The van der Waals surface area contributed by atoms with Gasteiger partial charge in [-0.25, -0.2) is 0 Å². The minimum absolute atomic E-state index is 0.0370. The first-order chi connectivity index (χ1) is 8.13. The van der Waals surface area contributed by atoms with E-state index in [0.717, 1.165) is 24.0 Å². The maximum atomic E-state index is 10.1. The molecule has 0 heterocycles. The predicted molar refractivity (Wildman–Crippen MR) is 72.2 cm³/mol. The molecule has 0 atom stereocenters. The zero-order valence-electron chi connectivity index (χ0n) is 10.5. The molecule has 0 saturated heterocycles. The lowest BCUT2D eigenvalue weighted by Gasteiger charge is -2.09. The van der Waals surface area contributed by atoms with Crippen LogP contribution in [0.2, 0.25) is 0 Å². The molecule has 3 nitrogen and oxygen atoms in total. The van der Waals surface area contributed by atoms with Crippen molar-refractivity contribution in [3.63, 3.8) is 0 Å². The molecule has 1 aromatic rings. The molecule has 0 aliphatic carbocycles. The lowest BCUT2D eigenvalue weighted by molar-refractivity contribution is -0.123. The van der Waals surface area contributed by atoms with Crippen molar-refractivity contribution in [3.05, 3.63) is 34.3 Å². The van der Waals surface area contributed by atoms with E-state index >= 15 is 0 Å². The van der Waals surface area contributed by atoms with Gasteiger partial charge >= 0.3 is 0 Å². The molecule has 4 heteroatoms. The molecule has 0 amide bonds. The van der Waals surface area contributed by atoms with Crippen LogP contribution in [0.15, 0.2) is 28.7 Å². The first-order valence-electron chi connectivity index (χ1n) is 5.58. The lowest BCUT2D eigenvalue weighted by Crippen LogP contribution is -2.11. The Balaban J connectivity index is 0.000000304. The quantitative estimate of drug-likeness (QED) is 0.615. The minimum Gasteiger partial charge on any atom is -0.353 e. The van der Waals surface area contributed by atoms with E-state index in [0.29, 0.717) is 5.56 Å². The summed E-state index contributed by atoms with van der Waals surface area (Å²) in [5.41, 5.74) is 0.698. The third-order valence-electron chi connectivity index (χ3n) is 1.79. The van der Waals surface area contributed by atoms with Gasteiger partial charge in [-0.05, 0) is 32.9 Å². The summed E-state index contributed by atoms with van der Waals surface area (Å²) in [6.07, 6.45) is 0.787. The smallest absolute Gasteiger partial charge is 0.154 e. The van der Waals surface area contributed by atoms with Crippen molar-refractivity contribution in [2.24, 2.45) is 0 Å². The standard InChI is InChI=1S/C7H5BrO.C6H14O2/c8-7-3-1-2-6(4-7)5-9;1-4-7-6(3)8-5-2/h1-5H;6H,4-5H2,1-3H3. The summed E-state index contributed by atoms with van der Waals surface area (Å²) in [5, 5.41) is 0. The predicted octanol–water partition coefficient (Wildman–Crippen LogP) is 3.67. The molecule has 1 aromatic carbocycles. The fourth-order valence-electron chi connectivity index (χ4n) is 1.10. The van der Waals surface area contributed by atoms with E-state index in [4.69, 9.17) is 9.47 Å². The zero-order valence-corrected chi connectivity index (χ0v) is 12.1. The third-order valence-corrected chi connectivity index (χ3v) is 2.28. The number of hydrogen-bond acceptors (Lipinski definition) is 3. The Bertz CT molecular complexity index is 309. The van der Waals surface area contributed by atoms with Crippen LogP contribution < -0.4 is 0 Å². The van der Waals surface area contributed by atoms with Crippen molar-refractivity contribution < 1.29 is 14.3 Å². The highest BCUT2D eigenvalue weighted by molar-refractivity contribution is 9.10. The average molecular weight is 303 g/mol. The van der Waals surface area contributed by atoms with Crippen molar-refractivity contribution in [2.75, 3.05) is 13.2 Å². The van der Waals surface area contributed by atoms with Crippen molar-refractivity contribution in [3.8, 4) is 0 Å². The summed E-state index contributed by atoms with van der Waals surface area (Å²) in [4.78, 5) is 10.1. The molecular weight excluding hydrogens is 284 g/mol. The Hall–Kier alpha value is -0.710. The molecule has 17 heavy (non-hydrogen) atoms. The van der Waals surface area contributed by atoms with E-state index in [1.54, 1.807) is 12.1 Å². The Morgan fingerprint density at radius 2 is 1.88 bits per heavy atom. The van der Waals surface area contributed by atoms with Gasteiger partial charge in [0.25, 0.3) is 0 Å². The molecule has 1 rings (SSSR count). The van der Waals surface area contributed by atoms with E-state index in [2.05, 4.69) is 15.9 Å². The molecule has 96 valence electrons. The van der Waals surface area contributed by atoms with Crippen LogP contribution in [0.4, 0.5) is 0 Å². The number of benzene rings is 1. The highest BCUT2D eigenvalue weighted by Gasteiger charge is 1.94. The molecule has 0 aliphatic heterocycles. The van der Waals surface area contributed by atoms with Gasteiger partial charge in [0.1, 0.15) is 6.29 Å². The topological polar surface area (TPSA) is 35.5 Å². The number of ether oxygens (including phenoxy) is 2. The Labute approximate surface area is 111 Å².